The minimum atomic E-state index is -0.832. The lowest BCUT2D eigenvalue weighted by molar-refractivity contribution is -0.136. The zero-order valence-corrected chi connectivity index (χ0v) is 9.97. The maximum atomic E-state index is 10.4. The summed E-state index contributed by atoms with van der Waals surface area (Å²) in [6.07, 6.45) is 0.211. The van der Waals surface area contributed by atoms with E-state index in [2.05, 4.69) is 5.32 Å². The third-order valence-electron chi connectivity index (χ3n) is 2.71. The fourth-order valence-electron chi connectivity index (χ4n) is 1.73. The van der Waals surface area contributed by atoms with Crippen molar-refractivity contribution >= 4 is 5.97 Å². The summed E-state index contributed by atoms with van der Waals surface area (Å²) in [5.41, 5.74) is 0.849. The Morgan fingerprint density at radius 1 is 1.35 bits per heavy atom. The zero-order chi connectivity index (χ0) is 12.7. The fraction of sp³-hybridized carbons (Fsp3) is 0.462. The second-order valence-electron chi connectivity index (χ2n) is 3.97. The summed E-state index contributed by atoms with van der Waals surface area (Å²) in [5.74, 6) is -0.832. The third-order valence-corrected chi connectivity index (χ3v) is 2.71. The summed E-state index contributed by atoms with van der Waals surface area (Å²) in [4.78, 5) is 10.4. The number of rotatable bonds is 7. The van der Waals surface area contributed by atoms with Gasteiger partial charge in [0.25, 0.3) is 0 Å². The number of aliphatic hydroxyl groups is 1. The van der Waals surface area contributed by atoms with E-state index in [0.717, 1.165) is 12.0 Å². The average Bonchev–Trinajstić information content (AvgIpc) is 2.34. The molecular weight excluding hydrogens is 218 g/mol. The molecule has 0 spiro atoms. The van der Waals surface area contributed by atoms with Crippen molar-refractivity contribution < 1.29 is 15.0 Å². The molecule has 0 saturated heterocycles. The first kappa shape index (κ1) is 13.7. The third kappa shape index (κ3) is 4.54. The molecule has 2 atom stereocenters. The van der Waals surface area contributed by atoms with E-state index in [1.54, 1.807) is 0 Å². The molecule has 1 aromatic carbocycles. The van der Waals surface area contributed by atoms with Crippen LogP contribution in [-0.2, 0) is 4.79 Å². The molecule has 1 aromatic rings. The fourth-order valence-corrected chi connectivity index (χ4v) is 1.73. The van der Waals surface area contributed by atoms with Gasteiger partial charge in [-0.2, -0.15) is 0 Å². The molecule has 0 aromatic heterocycles. The van der Waals surface area contributed by atoms with Gasteiger partial charge in [-0.15, -0.1) is 0 Å². The highest BCUT2D eigenvalue weighted by Crippen LogP contribution is 2.18. The molecule has 0 saturated carbocycles. The predicted octanol–water partition coefficient (Wildman–Crippen LogP) is 1.56. The van der Waals surface area contributed by atoms with Gasteiger partial charge in [0.1, 0.15) is 0 Å². The van der Waals surface area contributed by atoms with Gasteiger partial charge < -0.3 is 15.5 Å². The maximum Gasteiger partial charge on any atom is 0.304 e. The number of carbonyl (C=O) groups is 1. The van der Waals surface area contributed by atoms with Gasteiger partial charge in [0, 0.05) is 12.6 Å². The van der Waals surface area contributed by atoms with Crippen LogP contribution in [0.25, 0.3) is 0 Å². The Bertz CT molecular complexity index is 340. The lowest BCUT2D eigenvalue weighted by Crippen LogP contribution is -2.35. The van der Waals surface area contributed by atoms with Gasteiger partial charge in [0.05, 0.1) is 12.5 Å². The molecule has 4 heteroatoms. The van der Waals surface area contributed by atoms with E-state index in [1.807, 2.05) is 37.3 Å². The van der Waals surface area contributed by atoms with Crippen LogP contribution in [0.1, 0.15) is 31.4 Å². The summed E-state index contributed by atoms with van der Waals surface area (Å²) in [6.45, 7) is 2.34. The van der Waals surface area contributed by atoms with Crippen LogP contribution >= 0.6 is 0 Å². The van der Waals surface area contributed by atoms with Crippen molar-refractivity contribution in [3.05, 3.63) is 35.9 Å². The van der Waals surface area contributed by atoms with E-state index in [-0.39, 0.29) is 12.5 Å². The number of benzene rings is 1. The summed E-state index contributed by atoms with van der Waals surface area (Å²) < 4.78 is 0. The second kappa shape index (κ2) is 7.04. The maximum absolute atomic E-state index is 10.4. The molecular formula is C13H19NO3. The molecule has 0 aliphatic heterocycles. The smallest absolute Gasteiger partial charge is 0.304 e. The minimum Gasteiger partial charge on any atom is -0.481 e. The number of aliphatic carboxylic acids is 1. The van der Waals surface area contributed by atoms with Crippen LogP contribution < -0.4 is 5.32 Å². The summed E-state index contributed by atoms with van der Waals surface area (Å²) in [5, 5.41) is 21.8. The number of carboxylic acids is 1. The SMILES string of the molecule is CCC(NCCC(=O)O)C(O)c1ccccc1. The molecule has 0 radical (unpaired) electrons. The molecule has 0 fully saturated rings. The number of aliphatic hydroxyl groups excluding tert-OH is 1. The van der Waals surface area contributed by atoms with Crippen molar-refractivity contribution in [2.75, 3.05) is 6.54 Å². The summed E-state index contributed by atoms with van der Waals surface area (Å²) >= 11 is 0. The summed E-state index contributed by atoms with van der Waals surface area (Å²) in [6, 6.07) is 9.27. The minimum absolute atomic E-state index is 0.0675. The number of carboxylic acid groups (broad SMARTS) is 1. The largest absolute Gasteiger partial charge is 0.481 e. The highest BCUT2D eigenvalue weighted by atomic mass is 16.4. The molecule has 0 bridgehead atoms. The van der Waals surface area contributed by atoms with Gasteiger partial charge in [0.15, 0.2) is 0 Å². The van der Waals surface area contributed by atoms with Crippen LogP contribution in [0.4, 0.5) is 0 Å². The van der Waals surface area contributed by atoms with Crippen LogP contribution in [0, 0.1) is 0 Å². The van der Waals surface area contributed by atoms with Crippen LogP contribution in [0.2, 0.25) is 0 Å². The normalized spacial score (nSPS) is 14.2. The van der Waals surface area contributed by atoms with Crippen molar-refractivity contribution in [1.29, 1.82) is 0 Å². The van der Waals surface area contributed by atoms with E-state index >= 15 is 0 Å². The molecule has 94 valence electrons. The molecule has 1 rings (SSSR count). The second-order valence-corrected chi connectivity index (χ2v) is 3.97. The highest BCUT2D eigenvalue weighted by Gasteiger charge is 2.18. The van der Waals surface area contributed by atoms with Crippen molar-refractivity contribution in [1.82, 2.24) is 5.32 Å². The van der Waals surface area contributed by atoms with Gasteiger partial charge in [-0.3, -0.25) is 4.79 Å². The van der Waals surface area contributed by atoms with E-state index in [1.165, 1.54) is 0 Å². The van der Waals surface area contributed by atoms with Crippen molar-refractivity contribution in [3.8, 4) is 0 Å². The van der Waals surface area contributed by atoms with Gasteiger partial charge in [-0.05, 0) is 12.0 Å². The Balaban J connectivity index is 2.52. The lowest BCUT2D eigenvalue weighted by Gasteiger charge is -2.23. The quantitative estimate of drug-likeness (QED) is 0.673. The number of hydrogen-bond donors (Lipinski definition) is 3. The number of nitrogens with one attached hydrogen (secondary N) is 1. The summed E-state index contributed by atoms with van der Waals surface area (Å²) in [7, 11) is 0. The Kier molecular flexibility index (Phi) is 5.66. The monoisotopic (exact) mass is 237 g/mol. The van der Waals surface area contributed by atoms with Crippen LogP contribution in [-0.4, -0.2) is 28.8 Å². The molecule has 0 aliphatic carbocycles. The highest BCUT2D eigenvalue weighted by molar-refractivity contribution is 5.66. The Hall–Kier alpha value is -1.39. The molecule has 0 amide bonds. The molecule has 4 nitrogen and oxygen atoms in total. The molecule has 2 unspecified atom stereocenters. The van der Waals surface area contributed by atoms with E-state index in [4.69, 9.17) is 5.11 Å². The molecule has 0 aliphatic rings. The van der Waals surface area contributed by atoms with Crippen molar-refractivity contribution in [2.24, 2.45) is 0 Å². The molecule has 17 heavy (non-hydrogen) atoms. The van der Waals surface area contributed by atoms with Gasteiger partial charge in [-0.25, -0.2) is 0 Å². The Morgan fingerprint density at radius 2 is 2.00 bits per heavy atom. The average molecular weight is 237 g/mol. The zero-order valence-electron chi connectivity index (χ0n) is 9.97. The van der Waals surface area contributed by atoms with Gasteiger partial charge >= 0.3 is 5.97 Å². The first-order valence-corrected chi connectivity index (χ1v) is 5.83. The van der Waals surface area contributed by atoms with E-state index < -0.39 is 12.1 Å². The first-order chi connectivity index (χ1) is 8.15. The molecule has 3 N–H and O–H groups in total. The topological polar surface area (TPSA) is 69.6 Å². The van der Waals surface area contributed by atoms with E-state index in [9.17, 15) is 9.90 Å². The predicted molar refractivity (Wildman–Crippen MR) is 65.7 cm³/mol. The van der Waals surface area contributed by atoms with Crippen molar-refractivity contribution in [2.45, 2.75) is 31.9 Å². The lowest BCUT2D eigenvalue weighted by atomic mass is 10.0. The van der Waals surface area contributed by atoms with Crippen LogP contribution in [0.15, 0.2) is 30.3 Å². The van der Waals surface area contributed by atoms with Crippen LogP contribution in [0.3, 0.4) is 0 Å². The Labute approximate surface area is 101 Å². The van der Waals surface area contributed by atoms with E-state index in [0.29, 0.717) is 6.54 Å². The van der Waals surface area contributed by atoms with Gasteiger partial charge in [0.2, 0.25) is 0 Å². The number of hydrogen-bond acceptors (Lipinski definition) is 3. The van der Waals surface area contributed by atoms with Crippen LogP contribution in [0.5, 0.6) is 0 Å². The molecule has 0 heterocycles. The van der Waals surface area contributed by atoms with Crippen molar-refractivity contribution in [3.63, 3.8) is 0 Å². The van der Waals surface area contributed by atoms with Gasteiger partial charge in [-0.1, -0.05) is 37.3 Å². The Morgan fingerprint density at radius 3 is 2.53 bits per heavy atom. The first-order valence-electron chi connectivity index (χ1n) is 5.83. The standard InChI is InChI=1S/C13H19NO3/c1-2-11(14-9-8-12(15)16)13(17)10-6-4-3-5-7-10/h3-7,11,13-14,17H,2,8-9H2,1H3,(H,15,16).